The van der Waals surface area contributed by atoms with Crippen molar-refractivity contribution in [3.63, 3.8) is 0 Å². The largest absolute Gasteiger partial charge is 0.444 e. The van der Waals surface area contributed by atoms with Gasteiger partial charge in [0.25, 0.3) is 0 Å². The zero-order valence-corrected chi connectivity index (χ0v) is 16.3. The van der Waals surface area contributed by atoms with Gasteiger partial charge < -0.3 is 15.1 Å². The second kappa shape index (κ2) is 9.83. The molecule has 1 aromatic heterocycles. The Balaban J connectivity index is 0.00000225. The van der Waals surface area contributed by atoms with Crippen LogP contribution in [0.5, 0.6) is 0 Å². The van der Waals surface area contributed by atoms with Crippen molar-refractivity contribution in [2.24, 2.45) is 4.99 Å². The molecule has 130 valence electrons. The van der Waals surface area contributed by atoms with Crippen LogP contribution in [-0.4, -0.2) is 18.0 Å². The quantitative estimate of drug-likeness (QED) is 0.354. The standard InChI is InChI=1S/C19H20N4O.HI/c1-20-19(21-12-15-8-4-2-5-9-15)22-13-17-14-24-18(23-17)16-10-6-3-7-11-16;/h2-11,14H,12-13H2,1H3,(H2,20,21,22);1H. The van der Waals surface area contributed by atoms with Crippen molar-refractivity contribution in [1.29, 1.82) is 0 Å². The van der Waals surface area contributed by atoms with Crippen molar-refractivity contribution in [3.05, 3.63) is 78.2 Å². The molecule has 0 spiro atoms. The summed E-state index contributed by atoms with van der Waals surface area (Å²) < 4.78 is 5.53. The first kappa shape index (κ1) is 19.0. The van der Waals surface area contributed by atoms with Gasteiger partial charge in [-0.3, -0.25) is 4.99 Å². The molecule has 0 aliphatic rings. The average Bonchev–Trinajstić information content (AvgIpc) is 3.12. The molecule has 1 heterocycles. The fourth-order valence-corrected chi connectivity index (χ4v) is 2.28. The van der Waals surface area contributed by atoms with E-state index in [2.05, 4.69) is 32.7 Å². The van der Waals surface area contributed by atoms with Crippen molar-refractivity contribution >= 4 is 29.9 Å². The van der Waals surface area contributed by atoms with Crippen LogP contribution in [0.15, 0.2) is 76.3 Å². The zero-order chi connectivity index (χ0) is 16.6. The zero-order valence-electron chi connectivity index (χ0n) is 14.0. The summed E-state index contributed by atoms with van der Waals surface area (Å²) in [5, 5.41) is 6.51. The normalized spacial score (nSPS) is 10.8. The van der Waals surface area contributed by atoms with Gasteiger partial charge >= 0.3 is 0 Å². The smallest absolute Gasteiger partial charge is 0.226 e. The molecule has 3 aromatic rings. The maximum absolute atomic E-state index is 5.53. The highest BCUT2D eigenvalue weighted by atomic mass is 127. The number of hydrogen-bond donors (Lipinski definition) is 2. The number of rotatable bonds is 5. The van der Waals surface area contributed by atoms with Gasteiger partial charge in [0.05, 0.1) is 12.2 Å². The Morgan fingerprint density at radius 3 is 2.28 bits per heavy atom. The highest BCUT2D eigenvalue weighted by Gasteiger charge is 2.06. The van der Waals surface area contributed by atoms with Crippen LogP contribution in [0.1, 0.15) is 11.3 Å². The van der Waals surface area contributed by atoms with E-state index >= 15 is 0 Å². The monoisotopic (exact) mass is 448 g/mol. The lowest BCUT2D eigenvalue weighted by atomic mass is 10.2. The van der Waals surface area contributed by atoms with E-state index in [0.29, 0.717) is 19.0 Å². The Bertz CT molecular complexity index is 787. The van der Waals surface area contributed by atoms with Crippen molar-refractivity contribution in [3.8, 4) is 11.5 Å². The topological polar surface area (TPSA) is 62.5 Å². The summed E-state index contributed by atoms with van der Waals surface area (Å²) in [5.41, 5.74) is 3.00. The van der Waals surface area contributed by atoms with Crippen LogP contribution in [-0.2, 0) is 13.1 Å². The average molecular weight is 448 g/mol. The summed E-state index contributed by atoms with van der Waals surface area (Å²) in [5.74, 6) is 1.35. The Morgan fingerprint density at radius 1 is 0.960 bits per heavy atom. The second-order valence-corrected chi connectivity index (χ2v) is 5.27. The van der Waals surface area contributed by atoms with Gasteiger partial charge in [0.1, 0.15) is 6.26 Å². The minimum absolute atomic E-state index is 0. The lowest BCUT2D eigenvalue weighted by molar-refractivity contribution is 0.572. The first-order valence-electron chi connectivity index (χ1n) is 7.83. The number of guanidine groups is 1. The number of aromatic nitrogens is 1. The predicted octanol–water partition coefficient (Wildman–Crippen LogP) is 3.82. The van der Waals surface area contributed by atoms with Crippen LogP contribution < -0.4 is 10.6 Å². The first-order valence-corrected chi connectivity index (χ1v) is 7.83. The van der Waals surface area contributed by atoms with Crippen molar-refractivity contribution in [2.75, 3.05) is 7.05 Å². The lowest BCUT2D eigenvalue weighted by Crippen LogP contribution is -2.36. The molecule has 3 rings (SSSR count). The minimum atomic E-state index is 0. The van der Waals surface area contributed by atoms with Gasteiger partial charge in [-0.1, -0.05) is 48.5 Å². The molecule has 0 saturated carbocycles. The summed E-state index contributed by atoms with van der Waals surface area (Å²) in [6.07, 6.45) is 1.67. The van der Waals surface area contributed by atoms with E-state index in [1.54, 1.807) is 13.3 Å². The third kappa shape index (κ3) is 5.60. The van der Waals surface area contributed by atoms with E-state index in [4.69, 9.17) is 4.42 Å². The van der Waals surface area contributed by atoms with Crippen molar-refractivity contribution in [1.82, 2.24) is 15.6 Å². The van der Waals surface area contributed by atoms with E-state index in [0.717, 1.165) is 17.2 Å². The number of benzene rings is 2. The maximum Gasteiger partial charge on any atom is 0.226 e. The molecule has 0 bridgehead atoms. The number of halogens is 1. The third-order valence-corrected chi connectivity index (χ3v) is 3.54. The molecule has 2 N–H and O–H groups in total. The lowest BCUT2D eigenvalue weighted by Gasteiger charge is -2.10. The van der Waals surface area contributed by atoms with Gasteiger partial charge in [0, 0.05) is 19.2 Å². The highest BCUT2D eigenvalue weighted by Crippen LogP contribution is 2.17. The van der Waals surface area contributed by atoms with Crippen LogP contribution in [0.4, 0.5) is 0 Å². The summed E-state index contributed by atoms with van der Waals surface area (Å²) in [4.78, 5) is 8.71. The molecular formula is C19H21IN4O. The number of hydrogen-bond acceptors (Lipinski definition) is 3. The molecule has 6 heteroatoms. The van der Waals surface area contributed by atoms with E-state index in [9.17, 15) is 0 Å². The third-order valence-electron chi connectivity index (χ3n) is 3.54. The Hall–Kier alpha value is -2.35. The molecule has 5 nitrogen and oxygen atoms in total. The Kier molecular flexibility index (Phi) is 7.46. The summed E-state index contributed by atoms with van der Waals surface area (Å²) in [7, 11) is 1.75. The molecule has 0 aliphatic carbocycles. The van der Waals surface area contributed by atoms with E-state index in [1.807, 2.05) is 48.5 Å². The molecular weight excluding hydrogens is 427 g/mol. The molecule has 0 unspecified atom stereocenters. The van der Waals surface area contributed by atoms with E-state index in [1.165, 1.54) is 5.56 Å². The van der Waals surface area contributed by atoms with Crippen molar-refractivity contribution < 1.29 is 4.42 Å². The molecule has 0 radical (unpaired) electrons. The van der Waals surface area contributed by atoms with Gasteiger partial charge in [-0.2, -0.15) is 0 Å². The molecule has 0 atom stereocenters. The fraction of sp³-hybridized carbons (Fsp3) is 0.158. The summed E-state index contributed by atoms with van der Waals surface area (Å²) in [6.45, 7) is 1.26. The predicted molar refractivity (Wildman–Crippen MR) is 111 cm³/mol. The second-order valence-electron chi connectivity index (χ2n) is 5.27. The van der Waals surface area contributed by atoms with Gasteiger partial charge in [0.2, 0.25) is 5.89 Å². The minimum Gasteiger partial charge on any atom is -0.444 e. The van der Waals surface area contributed by atoms with Crippen LogP contribution in [0.25, 0.3) is 11.5 Å². The fourth-order valence-electron chi connectivity index (χ4n) is 2.28. The van der Waals surface area contributed by atoms with Crippen LogP contribution >= 0.6 is 24.0 Å². The Morgan fingerprint density at radius 2 is 1.60 bits per heavy atom. The van der Waals surface area contributed by atoms with Crippen LogP contribution in [0.3, 0.4) is 0 Å². The van der Waals surface area contributed by atoms with Gasteiger partial charge in [-0.25, -0.2) is 4.98 Å². The Labute approximate surface area is 164 Å². The molecule has 2 aromatic carbocycles. The molecule has 25 heavy (non-hydrogen) atoms. The van der Waals surface area contributed by atoms with Gasteiger partial charge in [-0.15, -0.1) is 24.0 Å². The van der Waals surface area contributed by atoms with E-state index < -0.39 is 0 Å². The number of nitrogens with one attached hydrogen (secondary N) is 2. The summed E-state index contributed by atoms with van der Waals surface area (Å²) in [6, 6.07) is 20.0. The molecule has 0 saturated heterocycles. The first-order chi connectivity index (χ1) is 11.8. The summed E-state index contributed by atoms with van der Waals surface area (Å²) >= 11 is 0. The SMILES string of the molecule is CN=C(NCc1ccccc1)NCc1coc(-c2ccccc2)n1.I. The van der Waals surface area contributed by atoms with E-state index in [-0.39, 0.29) is 24.0 Å². The van der Waals surface area contributed by atoms with Gasteiger partial charge in [0.15, 0.2) is 5.96 Å². The van der Waals surface area contributed by atoms with Crippen molar-refractivity contribution in [2.45, 2.75) is 13.1 Å². The molecule has 0 fully saturated rings. The highest BCUT2D eigenvalue weighted by molar-refractivity contribution is 14.0. The van der Waals surface area contributed by atoms with Crippen LogP contribution in [0.2, 0.25) is 0 Å². The number of aliphatic imine (C=N–C) groups is 1. The molecule has 0 amide bonds. The van der Waals surface area contributed by atoms with Crippen LogP contribution in [0, 0.1) is 0 Å². The maximum atomic E-state index is 5.53. The number of nitrogens with zero attached hydrogens (tertiary/aromatic N) is 2. The van der Waals surface area contributed by atoms with Gasteiger partial charge in [-0.05, 0) is 17.7 Å². The number of oxazole rings is 1. The molecule has 0 aliphatic heterocycles.